The molecule has 0 saturated carbocycles. The van der Waals surface area contributed by atoms with Crippen molar-refractivity contribution in [3.63, 3.8) is 0 Å². The molecule has 2 heterocycles. The second-order valence-corrected chi connectivity index (χ2v) is 6.23. The molecule has 1 aromatic carbocycles. The zero-order valence-electron chi connectivity index (χ0n) is 14.9. The molecule has 26 heavy (non-hydrogen) atoms. The van der Waals surface area contributed by atoms with Crippen molar-refractivity contribution in [1.82, 2.24) is 14.9 Å². The highest BCUT2D eigenvalue weighted by Crippen LogP contribution is 2.13. The fourth-order valence-electron chi connectivity index (χ4n) is 2.54. The number of hydrogen-bond donors (Lipinski definition) is 1. The van der Waals surface area contributed by atoms with Crippen LogP contribution in [-0.2, 0) is 13.1 Å². The molecule has 1 N–H and O–H groups in total. The topological polar surface area (TPSA) is 71.3 Å². The Bertz CT molecular complexity index is 815. The van der Waals surface area contributed by atoms with Gasteiger partial charge in [0.05, 0.1) is 25.2 Å². The van der Waals surface area contributed by atoms with Crippen molar-refractivity contribution in [3.05, 3.63) is 78.1 Å². The molecule has 134 valence electrons. The summed E-state index contributed by atoms with van der Waals surface area (Å²) >= 11 is 0. The van der Waals surface area contributed by atoms with Crippen LogP contribution in [0.2, 0.25) is 0 Å². The number of furan rings is 1. The molecule has 0 saturated heterocycles. The highest BCUT2D eigenvalue weighted by Gasteiger charge is 2.20. The number of aromatic nitrogens is 2. The molecule has 2 aromatic heterocycles. The molecule has 0 aliphatic carbocycles. The lowest BCUT2D eigenvalue weighted by Gasteiger charge is -2.26. The summed E-state index contributed by atoms with van der Waals surface area (Å²) in [5.74, 6) is 1.27. The van der Waals surface area contributed by atoms with Crippen molar-refractivity contribution >= 4 is 11.7 Å². The molecular formula is C20H22N4O2. The summed E-state index contributed by atoms with van der Waals surface area (Å²) in [6.07, 6.45) is 4.70. The quantitative estimate of drug-likeness (QED) is 0.703. The molecule has 3 aromatic rings. The molecule has 3 rings (SSSR count). The second-order valence-electron chi connectivity index (χ2n) is 6.23. The molecule has 0 radical (unpaired) electrons. The van der Waals surface area contributed by atoms with Crippen LogP contribution in [0, 0.1) is 0 Å². The van der Waals surface area contributed by atoms with Crippen molar-refractivity contribution in [1.29, 1.82) is 0 Å². The van der Waals surface area contributed by atoms with Gasteiger partial charge in [0, 0.05) is 12.6 Å². The fourth-order valence-corrected chi connectivity index (χ4v) is 2.54. The highest BCUT2D eigenvalue weighted by molar-refractivity contribution is 5.92. The van der Waals surface area contributed by atoms with E-state index < -0.39 is 0 Å². The average Bonchev–Trinajstić information content (AvgIpc) is 3.18. The van der Waals surface area contributed by atoms with E-state index in [4.69, 9.17) is 4.42 Å². The molecule has 0 aliphatic rings. The number of rotatable bonds is 7. The van der Waals surface area contributed by atoms with Crippen LogP contribution in [0.25, 0.3) is 0 Å². The van der Waals surface area contributed by atoms with Crippen molar-refractivity contribution in [2.75, 3.05) is 5.32 Å². The van der Waals surface area contributed by atoms with E-state index in [1.807, 2.05) is 56.3 Å². The number of nitrogens with one attached hydrogen (secondary N) is 1. The minimum Gasteiger partial charge on any atom is -0.467 e. The Morgan fingerprint density at radius 3 is 2.54 bits per heavy atom. The average molecular weight is 350 g/mol. The predicted octanol–water partition coefficient (Wildman–Crippen LogP) is 3.73. The van der Waals surface area contributed by atoms with E-state index in [1.54, 1.807) is 17.4 Å². The molecule has 0 aliphatic heterocycles. The van der Waals surface area contributed by atoms with Gasteiger partial charge in [0.1, 0.15) is 17.3 Å². The Kier molecular flexibility index (Phi) is 5.63. The lowest BCUT2D eigenvalue weighted by Crippen LogP contribution is -2.36. The Hall–Kier alpha value is -3.15. The van der Waals surface area contributed by atoms with Crippen LogP contribution < -0.4 is 5.32 Å². The molecule has 6 heteroatoms. The van der Waals surface area contributed by atoms with E-state index in [2.05, 4.69) is 15.3 Å². The fraction of sp³-hybridized carbons (Fsp3) is 0.250. The molecule has 0 bridgehead atoms. The van der Waals surface area contributed by atoms with Crippen molar-refractivity contribution in [2.24, 2.45) is 0 Å². The Morgan fingerprint density at radius 2 is 1.92 bits per heavy atom. The van der Waals surface area contributed by atoms with Gasteiger partial charge in [-0.3, -0.25) is 4.79 Å². The smallest absolute Gasteiger partial charge is 0.274 e. The number of benzene rings is 1. The summed E-state index contributed by atoms with van der Waals surface area (Å²) in [5.41, 5.74) is 1.41. The van der Waals surface area contributed by atoms with Crippen molar-refractivity contribution in [3.8, 4) is 0 Å². The number of anilines is 1. The van der Waals surface area contributed by atoms with Gasteiger partial charge < -0.3 is 14.6 Å². The lowest BCUT2D eigenvalue weighted by molar-refractivity contribution is 0.0684. The number of nitrogens with zero attached hydrogens (tertiary/aromatic N) is 3. The zero-order chi connectivity index (χ0) is 18.4. The van der Waals surface area contributed by atoms with Crippen LogP contribution in [0.3, 0.4) is 0 Å². The molecule has 1 amide bonds. The van der Waals surface area contributed by atoms with E-state index in [0.717, 1.165) is 11.3 Å². The van der Waals surface area contributed by atoms with E-state index in [0.29, 0.717) is 24.6 Å². The first-order valence-corrected chi connectivity index (χ1v) is 8.56. The maximum Gasteiger partial charge on any atom is 0.274 e. The van der Waals surface area contributed by atoms with Gasteiger partial charge in [0.15, 0.2) is 0 Å². The number of carbonyl (C=O) groups excluding carboxylic acids is 1. The summed E-state index contributed by atoms with van der Waals surface area (Å²) in [6, 6.07) is 13.7. The molecular weight excluding hydrogens is 328 g/mol. The summed E-state index contributed by atoms with van der Waals surface area (Å²) in [5, 5.41) is 3.11. The van der Waals surface area contributed by atoms with Gasteiger partial charge in [-0.2, -0.15) is 0 Å². The van der Waals surface area contributed by atoms with Gasteiger partial charge in [0.2, 0.25) is 0 Å². The number of carbonyl (C=O) groups is 1. The van der Waals surface area contributed by atoms with Gasteiger partial charge in [-0.15, -0.1) is 0 Å². The second kappa shape index (κ2) is 8.29. The van der Waals surface area contributed by atoms with Crippen molar-refractivity contribution in [2.45, 2.75) is 33.0 Å². The molecule has 0 spiro atoms. The number of hydrogen-bond acceptors (Lipinski definition) is 5. The predicted molar refractivity (Wildman–Crippen MR) is 99.5 cm³/mol. The third-order valence-electron chi connectivity index (χ3n) is 3.97. The van der Waals surface area contributed by atoms with E-state index in [1.165, 1.54) is 6.20 Å². The van der Waals surface area contributed by atoms with Gasteiger partial charge in [-0.1, -0.05) is 30.3 Å². The maximum absolute atomic E-state index is 12.8. The minimum absolute atomic E-state index is 0.0567. The largest absolute Gasteiger partial charge is 0.467 e. The summed E-state index contributed by atoms with van der Waals surface area (Å²) in [7, 11) is 0. The van der Waals surface area contributed by atoms with Gasteiger partial charge in [0.25, 0.3) is 5.91 Å². The molecule has 0 atom stereocenters. The summed E-state index contributed by atoms with van der Waals surface area (Å²) in [6.45, 7) is 5.04. The Morgan fingerprint density at radius 1 is 1.12 bits per heavy atom. The first kappa shape index (κ1) is 17.7. The van der Waals surface area contributed by atoms with Crippen LogP contribution in [0.4, 0.5) is 5.82 Å². The third-order valence-corrected chi connectivity index (χ3v) is 3.97. The van der Waals surface area contributed by atoms with Crippen LogP contribution in [0.5, 0.6) is 0 Å². The highest BCUT2D eigenvalue weighted by atomic mass is 16.3. The Labute approximate surface area is 152 Å². The van der Waals surface area contributed by atoms with Crippen LogP contribution >= 0.6 is 0 Å². The van der Waals surface area contributed by atoms with E-state index >= 15 is 0 Å². The number of amides is 1. The van der Waals surface area contributed by atoms with E-state index in [-0.39, 0.29) is 11.9 Å². The molecule has 6 nitrogen and oxygen atoms in total. The summed E-state index contributed by atoms with van der Waals surface area (Å²) in [4.78, 5) is 23.2. The van der Waals surface area contributed by atoms with Gasteiger partial charge in [-0.05, 0) is 31.5 Å². The lowest BCUT2D eigenvalue weighted by atomic mass is 10.2. The summed E-state index contributed by atoms with van der Waals surface area (Å²) < 4.78 is 5.26. The van der Waals surface area contributed by atoms with Crippen LogP contribution in [-0.4, -0.2) is 26.8 Å². The minimum atomic E-state index is -0.131. The van der Waals surface area contributed by atoms with E-state index in [9.17, 15) is 4.79 Å². The van der Waals surface area contributed by atoms with Gasteiger partial charge >= 0.3 is 0 Å². The third kappa shape index (κ3) is 4.47. The van der Waals surface area contributed by atoms with Crippen molar-refractivity contribution < 1.29 is 9.21 Å². The van der Waals surface area contributed by atoms with Crippen LogP contribution in [0.15, 0.2) is 65.5 Å². The first-order chi connectivity index (χ1) is 12.6. The van der Waals surface area contributed by atoms with Gasteiger partial charge in [-0.25, -0.2) is 9.97 Å². The maximum atomic E-state index is 12.8. The SMILES string of the molecule is CC(C)N(Cc1ccccc1)C(=O)c1cnc(NCc2ccco2)cn1. The Balaban J connectivity index is 1.66. The first-order valence-electron chi connectivity index (χ1n) is 8.56. The monoisotopic (exact) mass is 350 g/mol. The normalized spacial score (nSPS) is 10.7. The molecule has 0 fully saturated rings. The molecule has 0 unspecified atom stereocenters. The van der Waals surface area contributed by atoms with Crippen LogP contribution in [0.1, 0.15) is 35.7 Å². The zero-order valence-corrected chi connectivity index (χ0v) is 14.9. The standard InChI is InChI=1S/C20H22N4O2/c1-15(2)24(14-16-7-4-3-5-8-16)20(25)18-12-23-19(13-21-18)22-11-17-9-6-10-26-17/h3-10,12-13,15H,11,14H2,1-2H3,(H,22,23).